The molecule has 2 saturated heterocycles. The summed E-state index contributed by atoms with van der Waals surface area (Å²) in [6.07, 6.45) is 1.76. The number of hydrogen-bond acceptors (Lipinski definition) is 7. The monoisotopic (exact) mass is 432 g/mol. The Hall–Kier alpha value is -2.15. The van der Waals surface area contributed by atoms with Crippen molar-refractivity contribution in [3.63, 3.8) is 0 Å². The molecule has 9 heteroatoms. The van der Waals surface area contributed by atoms with E-state index >= 15 is 0 Å². The van der Waals surface area contributed by atoms with Gasteiger partial charge in [-0.05, 0) is 39.3 Å². The largest absolute Gasteiger partial charge is 0.372 e. The molecule has 2 fully saturated rings. The standard InChI is InChI=1S/C20H24N4O3S2/c1-6-24-19(26)16(29-20(24)28)7-14-13(4)15(8-21)18(25)22(5)17(14)23-9-11(2)27-12(3)10-23/h7,11-12H,6,9-10H2,1-5H3/b16-7-/t11-,12-/m0/s1. The number of nitrogens with zero attached hydrogens (tertiary/aromatic N) is 4. The van der Waals surface area contributed by atoms with E-state index < -0.39 is 0 Å². The van der Waals surface area contributed by atoms with E-state index in [9.17, 15) is 14.9 Å². The van der Waals surface area contributed by atoms with Crippen LogP contribution >= 0.6 is 24.0 Å². The van der Waals surface area contributed by atoms with Crippen LogP contribution in [0, 0.1) is 18.3 Å². The first-order valence-corrected chi connectivity index (χ1v) is 10.7. The third kappa shape index (κ3) is 3.84. The minimum atomic E-state index is -0.343. The molecular formula is C20H24N4O3S2. The predicted octanol–water partition coefficient (Wildman–Crippen LogP) is 2.40. The average Bonchev–Trinajstić information content (AvgIpc) is 2.92. The normalized spacial score (nSPS) is 23.8. The number of morpholine rings is 1. The number of thioether (sulfide) groups is 1. The maximum Gasteiger partial charge on any atom is 0.270 e. The molecule has 0 radical (unpaired) electrons. The van der Waals surface area contributed by atoms with Crippen molar-refractivity contribution < 1.29 is 9.53 Å². The summed E-state index contributed by atoms with van der Waals surface area (Å²) in [6, 6.07) is 2.02. The molecular weight excluding hydrogens is 408 g/mol. The van der Waals surface area contributed by atoms with Gasteiger partial charge in [0.2, 0.25) is 0 Å². The summed E-state index contributed by atoms with van der Waals surface area (Å²) < 4.78 is 7.86. The summed E-state index contributed by atoms with van der Waals surface area (Å²) in [6.45, 7) is 9.33. The maximum atomic E-state index is 12.8. The molecule has 0 unspecified atom stereocenters. The maximum absolute atomic E-state index is 12.8. The van der Waals surface area contributed by atoms with Crippen molar-refractivity contribution in [2.24, 2.45) is 7.05 Å². The van der Waals surface area contributed by atoms with Crippen molar-refractivity contribution in [2.75, 3.05) is 24.5 Å². The van der Waals surface area contributed by atoms with E-state index in [1.807, 2.05) is 26.8 Å². The number of anilines is 1. The van der Waals surface area contributed by atoms with Crippen LogP contribution in [0.5, 0.6) is 0 Å². The van der Waals surface area contributed by atoms with Gasteiger partial charge < -0.3 is 9.64 Å². The number of pyridine rings is 1. The van der Waals surface area contributed by atoms with Gasteiger partial charge in [-0.25, -0.2) is 0 Å². The van der Waals surface area contributed by atoms with Crippen molar-refractivity contribution in [2.45, 2.75) is 39.9 Å². The first kappa shape index (κ1) is 21.6. The van der Waals surface area contributed by atoms with Crippen molar-refractivity contribution in [3.8, 4) is 6.07 Å². The zero-order valence-corrected chi connectivity index (χ0v) is 18.8. The highest BCUT2D eigenvalue weighted by atomic mass is 32.2. The van der Waals surface area contributed by atoms with E-state index in [-0.39, 0.29) is 29.2 Å². The number of amides is 1. The molecule has 1 amide bonds. The molecule has 154 valence electrons. The number of hydrogen-bond donors (Lipinski definition) is 0. The lowest BCUT2D eigenvalue weighted by atomic mass is 10.0. The highest BCUT2D eigenvalue weighted by Gasteiger charge is 2.33. The van der Waals surface area contributed by atoms with Gasteiger partial charge >= 0.3 is 0 Å². The Morgan fingerprint density at radius 1 is 1.31 bits per heavy atom. The fourth-order valence-electron chi connectivity index (χ4n) is 3.85. The number of ether oxygens (including phenoxy) is 1. The second kappa shape index (κ2) is 8.30. The summed E-state index contributed by atoms with van der Waals surface area (Å²) in [7, 11) is 1.66. The number of aromatic nitrogens is 1. The molecule has 0 bridgehead atoms. The van der Waals surface area contributed by atoms with E-state index in [1.165, 1.54) is 16.3 Å². The van der Waals surface area contributed by atoms with Crippen LogP contribution in [-0.4, -0.2) is 51.5 Å². The Kier molecular flexibility index (Phi) is 6.17. The second-order valence-electron chi connectivity index (χ2n) is 7.30. The lowest BCUT2D eigenvalue weighted by Crippen LogP contribution is -2.47. The molecule has 0 N–H and O–H groups in total. The molecule has 1 aromatic rings. The number of nitriles is 1. The van der Waals surface area contributed by atoms with Gasteiger partial charge in [0.1, 0.15) is 21.8 Å². The van der Waals surface area contributed by atoms with Crippen LogP contribution in [0.3, 0.4) is 0 Å². The molecule has 0 saturated carbocycles. The van der Waals surface area contributed by atoms with E-state index in [2.05, 4.69) is 4.90 Å². The van der Waals surface area contributed by atoms with Gasteiger partial charge in [0.15, 0.2) is 0 Å². The minimum Gasteiger partial charge on any atom is -0.372 e. The molecule has 3 rings (SSSR count). The zero-order chi connectivity index (χ0) is 21.5. The van der Waals surface area contributed by atoms with E-state index in [4.69, 9.17) is 17.0 Å². The van der Waals surface area contributed by atoms with Crippen LogP contribution in [0.4, 0.5) is 5.82 Å². The smallest absolute Gasteiger partial charge is 0.270 e. The first-order valence-electron chi connectivity index (χ1n) is 9.49. The Balaban J connectivity index is 2.23. The highest BCUT2D eigenvalue weighted by Crippen LogP contribution is 2.36. The first-order chi connectivity index (χ1) is 13.7. The Morgan fingerprint density at radius 2 is 1.93 bits per heavy atom. The van der Waals surface area contributed by atoms with Gasteiger partial charge in [-0.2, -0.15) is 5.26 Å². The fourth-order valence-corrected chi connectivity index (χ4v) is 5.21. The van der Waals surface area contributed by atoms with Gasteiger partial charge in [-0.15, -0.1) is 0 Å². The van der Waals surface area contributed by atoms with Crippen LogP contribution < -0.4 is 10.5 Å². The molecule has 2 aliphatic rings. The summed E-state index contributed by atoms with van der Waals surface area (Å²) in [4.78, 5) is 29.7. The van der Waals surface area contributed by atoms with Crippen LogP contribution in [0.15, 0.2) is 9.70 Å². The molecule has 2 atom stereocenters. The molecule has 0 spiro atoms. The van der Waals surface area contributed by atoms with Crippen LogP contribution in [0.2, 0.25) is 0 Å². The SMILES string of the molecule is CCN1C(=O)/C(=C/c2c(C)c(C#N)c(=O)n(C)c2N2C[C@H](C)O[C@@H](C)C2)SC1=S. The average molecular weight is 433 g/mol. The molecule has 1 aromatic heterocycles. The van der Waals surface area contributed by atoms with Crippen molar-refractivity contribution in [1.29, 1.82) is 5.26 Å². The van der Waals surface area contributed by atoms with E-state index in [0.717, 1.165) is 0 Å². The quantitative estimate of drug-likeness (QED) is 0.536. The van der Waals surface area contributed by atoms with Crippen molar-refractivity contribution in [3.05, 3.63) is 31.9 Å². The topological polar surface area (TPSA) is 78.6 Å². The van der Waals surface area contributed by atoms with Gasteiger partial charge in [0.05, 0.1) is 17.1 Å². The van der Waals surface area contributed by atoms with Gasteiger partial charge in [0, 0.05) is 32.2 Å². The summed E-state index contributed by atoms with van der Waals surface area (Å²) in [5.41, 5.74) is 1.01. The third-order valence-electron chi connectivity index (χ3n) is 5.15. The Labute approximate surface area is 179 Å². The second-order valence-corrected chi connectivity index (χ2v) is 8.98. The van der Waals surface area contributed by atoms with Crippen LogP contribution in [-0.2, 0) is 16.6 Å². The van der Waals surface area contributed by atoms with Gasteiger partial charge in [-0.1, -0.05) is 24.0 Å². The van der Waals surface area contributed by atoms with E-state index in [0.29, 0.717) is 45.8 Å². The number of thiocarbonyl (C=S) groups is 1. The summed E-state index contributed by atoms with van der Waals surface area (Å²) >= 11 is 6.56. The summed E-state index contributed by atoms with van der Waals surface area (Å²) in [5.74, 6) is 0.541. The number of carbonyl (C=O) groups is 1. The molecule has 29 heavy (non-hydrogen) atoms. The molecule has 3 heterocycles. The fraction of sp³-hybridized carbons (Fsp3) is 0.500. The van der Waals surface area contributed by atoms with Crippen molar-refractivity contribution in [1.82, 2.24) is 9.47 Å². The number of likely N-dealkylation sites (N-methyl/N-ethyl adjacent to an activating group) is 1. The van der Waals surface area contributed by atoms with Crippen LogP contribution in [0.25, 0.3) is 6.08 Å². The molecule has 0 aromatic carbocycles. The highest BCUT2D eigenvalue weighted by molar-refractivity contribution is 8.26. The van der Waals surface area contributed by atoms with Gasteiger partial charge in [0.25, 0.3) is 11.5 Å². The predicted molar refractivity (Wildman–Crippen MR) is 119 cm³/mol. The molecule has 2 aliphatic heterocycles. The minimum absolute atomic E-state index is 0.00375. The molecule has 0 aliphatic carbocycles. The lowest BCUT2D eigenvalue weighted by molar-refractivity contribution is -0.121. The van der Waals surface area contributed by atoms with Crippen LogP contribution in [0.1, 0.15) is 37.5 Å². The Morgan fingerprint density at radius 3 is 2.45 bits per heavy atom. The Bertz CT molecular complexity index is 998. The van der Waals surface area contributed by atoms with Crippen molar-refractivity contribution >= 4 is 46.1 Å². The number of carbonyl (C=O) groups excluding carboxylic acids is 1. The molecule has 7 nitrogen and oxygen atoms in total. The van der Waals surface area contributed by atoms with Gasteiger partial charge in [-0.3, -0.25) is 19.1 Å². The lowest BCUT2D eigenvalue weighted by Gasteiger charge is -2.38. The number of rotatable bonds is 3. The zero-order valence-electron chi connectivity index (χ0n) is 17.2. The third-order valence-corrected chi connectivity index (χ3v) is 6.53. The summed E-state index contributed by atoms with van der Waals surface area (Å²) in [5, 5.41) is 9.55. The van der Waals surface area contributed by atoms with E-state index in [1.54, 1.807) is 24.9 Å².